The first-order valence-corrected chi connectivity index (χ1v) is 5.81. The third-order valence-corrected chi connectivity index (χ3v) is 2.75. The van der Waals surface area contributed by atoms with Crippen LogP contribution in [0, 0.1) is 0 Å². The molecule has 0 aliphatic carbocycles. The fourth-order valence-corrected chi connectivity index (χ4v) is 1.73. The van der Waals surface area contributed by atoms with Crippen LogP contribution >= 0.6 is 0 Å². The zero-order valence-corrected chi connectivity index (χ0v) is 11.2. The van der Waals surface area contributed by atoms with Gasteiger partial charge in [-0.05, 0) is 12.1 Å². The van der Waals surface area contributed by atoms with Crippen LogP contribution in [0.2, 0.25) is 0 Å². The third-order valence-electron chi connectivity index (χ3n) is 2.75. The Bertz CT molecular complexity index is 502. The van der Waals surface area contributed by atoms with Crippen molar-refractivity contribution in [3.8, 4) is 5.75 Å². The molecule has 1 aromatic rings. The van der Waals surface area contributed by atoms with Crippen LogP contribution in [-0.4, -0.2) is 42.4 Å². The number of carbonyl (C=O) groups is 2. The maximum absolute atomic E-state index is 11.4. The van der Waals surface area contributed by atoms with E-state index in [1.807, 2.05) is 0 Å². The van der Waals surface area contributed by atoms with Crippen molar-refractivity contribution in [3.05, 3.63) is 29.3 Å². The van der Waals surface area contributed by atoms with Crippen molar-refractivity contribution in [1.29, 1.82) is 0 Å². The number of amides is 1. The molecule has 7 heteroatoms. The topological polar surface area (TPSA) is 119 Å². The van der Waals surface area contributed by atoms with Crippen LogP contribution in [0.4, 0.5) is 0 Å². The number of methoxy groups -OCH3 is 2. The summed E-state index contributed by atoms with van der Waals surface area (Å²) in [6, 6.07) is 4.21. The van der Waals surface area contributed by atoms with Gasteiger partial charge in [0.15, 0.2) is 0 Å². The molecule has 7 nitrogen and oxygen atoms in total. The Kier molecular flexibility index (Phi) is 5.48. The van der Waals surface area contributed by atoms with Gasteiger partial charge in [0.2, 0.25) is 5.91 Å². The lowest BCUT2D eigenvalue weighted by Crippen LogP contribution is -2.26. The van der Waals surface area contributed by atoms with Crippen LogP contribution in [0.5, 0.6) is 5.75 Å². The summed E-state index contributed by atoms with van der Waals surface area (Å²) in [6.07, 6.45) is -3.10. The number of benzene rings is 1. The van der Waals surface area contributed by atoms with Crippen LogP contribution < -0.4 is 10.5 Å². The monoisotopic (exact) mass is 283 g/mol. The van der Waals surface area contributed by atoms with Crippen molar-refractivity contribution in [3.63, 3.8) is 0 Å². The number of esters is 1. The van der Waals surface area contributed by atoms with E-state index in [0.717, 1.165) is 0 Å². The minimum Gasteiger partial charge on any atom is -0.496 e. The molecule has 0 spiro atoms. The maximum Gasteiger partial charge on any atom is 0.337 e. The first-order valence-electron chi connectivity index (χ1n) is 5.81. The number of rotatable bonds is 6. The molecule has 0 saturated heterocycles. The van der Waals surface area contributed by atoms with E-state index in [-0.39, 0.29) is 23.3 Å². The van der Waals surface area contributed by atoms with E-state index in [4.69, 9.17) is 10.5 Å². The number of hydrogen-bond acceptors (Lipinski definition) is 6. The lowest BCUT2D eigenvalue weighted by atomic mass is 9.99. The minimum atomic E-state index is -1.36. The SMILES string of the molecule is COC(=O)c1ccc(C(O)C(O)CC(N)=O)c(OC)c1. The summed E-state index contributed by atoms with van der Waals surface area (Å²) in [5.74, 6) is -1.09. The van der Waals surface area contributed by atoms with Gasteiger partial charge in [-0.2, -0.15) is 0 Å². The van der Waals surface area contributed by atoms with Crippen molar-refractivity contribution in [2.24, 2.45) is 5.73 Å². The van der Waals surface area contributed by atoms with E-state index in [0.29, 0.717) is 0 Å². The van der Waals surface area contributed by atoms with Crippen molar-refractivity contribution in [2.45, 2.75) is 18.6 Å². The highest BCUT2D eigenvalue weighted by Gasteiger charge is 2.24. The number of hydrogen-bond donors (Lipinski definition) is 3. The summed E-state index contributed by atoms with van der Waals surface area (Å²) < 4.78 is 9.63. The van der Waals surface area contributed by atoms with Crippen LogP contribution in [0.25, 0.3) is 0 Å². The summed E-state index contributed by atoms with van der Waals surface area (Å²) in [6.45, 7) is 0. The molecule has 20 heavy (non-hydrogen) atoms. The summed E-state index contributed by atoms with van der Waals surface area (Å²) >= 11 is 0. The van der Waals surface area contributed by atoms with Gasteiger partial charge in [-0.1, -0.05) is 6.07 Å². The Morgan fingerprint density at radius 3 is 2.45 bits per heavy atom. The molecular weight excluding hydrogens is 266 g/mol. The van der Waals surface area contributed by atoms with E-state index in [9.17, 15) is 19.8 Å². The normalized spacial score (nSPS) is 13.4. The molecule has 0 radical (unpaired) electrons. The molecule has 2 unspecified atom stereocenters. The highest BCUT2D eigenvalue weighted by molar-refractivity contribution is 5.90. The van der Waals surface area contributed by atoms with Gasteiger partial charge in [0.1, 0.15) is 11.9 Å². The number of primary amides is 1. The second-order valence-electron chi connectivity index (χ2n) is 4.13. The fourth-order valence-electron chi connectivity index (χ4n) is 1.73. The average molecular weight is 283 g/mol. The molecule has 0 saturated carbocycles. The van der Waals surface area contributed by atoms with Crippen LogP contribution in [0.3, 0.4) is 0 Å². The smallest absolute Gasteiger partial charge is 0.337 e. The van der Waals surface area contributed by atoms with E-state index in [2.05, 4.69) is 4.74 Å². The summed E-state index contributed by atoms with van der Waals surface area (Å²) in [5.41, 5.74) is 5.44. The second-order valence-corrected chi connectivity index (χ2v) is 4.13. The van der Waals surface area contributed by atoms with Gasteiger partial charge in [0.25, 0.3) is 0 Å². The number of aliphatic hydroxyl groups is 2. The summed E-state index contributed by atoms with van der Waals surface area (Å²) in [4.78, 5) is 22.1. The Morgan fingerprint density at radius 2 is 1.95 bits per heavy atom. The highest BCUT2D eigenvalue weighted by atomic mass is 16.5. The number of aliphatic hydroxyl groups excluding tert-OH is 2. The van der Waals surface area contributed by atoms with Crippen molar-refractivity contribution in [1.82, 2.24) is 0 Å². The Morgan fingerprint density at radius 1 is 1.30 bits per heavy atom. The molecule has 1 rings (SSSR count). The van der Waals surface area contributed by atoms with Crippen molar-refractivity contribution < 1.29 is 29.3 Å². The Labute approximate surface area is 115 Å². The largest absolute Gasteiger partial charge is 0.496 e. The van der Waals surface area contributed by atoms with Gasteiger partial charge in [-0.25, -0.2) is 4.79 Å². The molecule has 4 N–H and O–H groups in total. The average Bonchev–Trinajstić information content (AvgIpc) is 2.44. The zero-order valence-electron chi connectivity index (χ0n) is 11.2. The molecule has 2 atom stereocenters. The molecule has 0 aromatic heterocycles. The van der Waals surface area contributed by atoms with Crippen LogP contribution in [0.15, 0.2) is 18.2 Å². The maximum atomic E-state index is 11.4. The van der Waals surface area contributed by atoms with Crippen LogP contribution in [-0.2, 0) is 9.53 Å². The van der Waals surface area contributed by atoms with Gasteiger partial charge < -0.3 is 25.4 Å². The van der Waals surface area contributed by atoms with Gasteiger partial charge in [-0.15, -0.1) is 0 Å². The summed E-state index contributed by atoms with van der Waals surface area (Å²) in [5, 5.41) is 19.7. The summed E-state index contributed by atoms with van der Waals surface area (Å²) in [7, 11) is 2.60. The van der Waals surface area contributed by atoms with E-state index in [1.165, 1.54) is 32.4 Å². The minimum absolute atomic E-state index is 0.198. The standard InChI is InChI=1S/C13H17NO6/c1-19-10-5-7(13(18)20-2)3-4-8(10)12(17)9(15)6-11(14)16/h3-5,9,12,15,17H,6H2,1-2H3,(H2,14,16). The molecule has 0 fully saturated rings. The van der Waals surface area contributed by atoms with E-state index < -0.39 is 24.1 Å². The van der Waals surface area contributed by atoms with E-state index >= 15 is 0 Å². The zero-order chi connectivity index (χ0) is 15.3. The number of carbonyl (C=O) groups excluding carboxylic acids is 2. The molecule has 0 aliphatic rings. The Hall–Kier alpha value is -2.12. The van der Waals surface area contributed by atoms with Gasteiger partial charge in [0.05, 0.1) is 32.3 Å². The predicted octanol–water partition coefficient (Wildman–Crippen LogP) is -0.249. The van der Waals surface area contributed by atoms with Crippen molar-refractivity contribution >= 4 is 11.9 Å². The van der Waals surface area contributed by atoms with E-state index in [1.54, 1.807) is 0 Å². The quantitative estimate of drug-likeness (QED) is 0.619. The lowest BCUT2D eigenvalue weighted by molar-refractivity contribution is -0.121. The molecule has 0 heterocycles. The fraction of sp³-hybridized carbons (Fsp3) is 0.385. The first-order chi connectivity index (χ1) is 9.40. The highest BCUT2D eigenvalue weighted by Crippen LogP contribution is 2.29. The Balaban J connectivity index is 3.05. The first kappa shape index (κ1) is 15.9. The molecule has 1 aromatic carbocycles. The molecule has 0 bridgehead atoms. The molecule has 0 aliphatic heterocycles. The van der Waals surface area contributed by atoms with Crippen LogP contribution in [0.1, 0.15) is 28.4 Å². The predicted molar refractivity (Wildman–Crippen MR) is 69.1 cm³/mol. The van der Waals surface area contributed by atoms with Crippen molar-refractivity contribution in [2.75, 3.05) is 14.2 Å². The molecular formula is C13H17NO6. The number of nitrogens with two attached hydrogens (primary N) is 1. The van der Waals surface area contributed by atoms with Gasteiger partial charge >= 0.3 is 5.97 Å². The molecule has 110 valence electrons. The number of ether oxygens (including phenoxy) is 2. The third kappa shape index (κ3) is 3.69. The lowest BCUT2D eigenvalue weighted by Gasteiger charge is -2.19. The second kappa shape index (κ2) is 6.88. The van der Waals surface area contributed by atoms with Gasteiger partial charge in [-0.3, -0.25) is 4.79 Å². The van der Waals surface area contributed by atoms with Gasteiger partial charge in [0, 0.05) is 5.56 Å². The molecule has 1 amide bonds.